The summed E-state index contributed by atoms with van der Waals surface area (Å²) < 4.78 is 5.73. The molecular formula is C19H33LiNO5. The van der Waals surface area contributed by atoms with Crippen LogP contribution in [0, 0.1) is 10.8 Å². The minimum atomic E-state index is -1.15. The molecule has 0 spiro atoms. The maximum absolute atomic E-state index is 12.7. The number of hydrogen-bond acceptors (Lipinski definition) is 5. The molecule has 1 saturated heterocycles. The first-order chi connectivity index (χ1) is 11.1. The van der Waals surface area contributed by atoms with Gasteiger partial charge in [0, 0.05) is 35.3 Å². The van der Waals surface area contributed by atoms with Crippen molar-refractivity contribution in [1.29, 1.82) is 0 Å². The Balaban J connectivity index is 0.00000625. The largest absolute Gasteiger partial charge is 1.00 e. The number of carboxylic acid groups (broad SMARTS) is 1. The Morgan fingerprint density at radius 2 is 1.54 bits per heavy atom. The van der Waals surface area contributed by atoms with E-state index in [2.05, 4.69) is 0 Å². The maximum atomic E-state index is 12.7. The van der Waals surface area contributed by atoms with Gasteiger partial charge in [-0.2, -0.15) is 0 Å². The molecule has 1 atom stereocenters. The molecule has 1 aliphatic heterocycles. The Morgan fingerprint density at radius 3 is 1.88 bits per heavy atom. The molecule has 1 fully saturated rings. The van der Waals surface area contributed by atoms with E-state index in [4.69, 9.17) is 4.74 Å². The van der Waals surface area contributed by atoms with E-state index >= 15 is 0 Å². The van der Waals surface area contributed by atoms with Crippen LogP contribution in [0.1, 0.15) is 81.1 Å². The molecule has 0 aromatic rings. The van der Waals surface area contributed by atoms with Gasteiger partial charge in [-0.3, -0.25) is 4.79 Å². The van der Waals surface area contributed by atoms with Crippen LogP contribution in [-0.4, -0.2) is 34.2 Å². The summed E-state index contributed by atoms with van der Waals surface area (Å²) in [5, 5.41) is 24.9. The van der Waals surface area contributed by atoms with Gasteiger partial charge in [-0.05, 0) is 54.4 Å². The molecule has 0 saturated carbocycles. The second kappa shape index (κ2) is 8.22. The molecule has 0 aliphatic carbocycles. The van der Waals surface area contributed by atoms with E-state index in [0.717, 1.165) is 5.06 Å². The summed E-state index contributed by atoms with van der Waals surface area (Å²) in [7, 11) is 0. The molecule has 7 heteroatoms. The van der Waals surface area contributed by atoms with Crippen molar-refractivity contribution in [3.63, 3.8) is 0 Å². The number of esters is 1. The van der Waals surface area contributed by atoms with Crippen molar-refractivity contribution in [1.82, 2.24) is 5.06 Å². The Morgan fingerprint density at radius 1 is 1.12 bits per heavy atom. The zero-order valence-corrected chi connectivity index (χ0v) is 17.9. The third kappa shape index (κ3) is 5.48. The fourth-order valence-corrected chi connectivity index (χ4v) is 3.95. The Bertz CT molecular complexity index is 514. The standard InChI is InChI=1S/C19H34NO5.Li/c1-9-19(8,14(21)22)12-16(2,3)15(23)25-13-10-17(4,5)20(24)18(6,7)11-13;/h13H,9-12H2,1-8H3,(H,21,22);/q;+1/p-1. The SMILES string of the molecule is CCC(C)(CC(C)(C)C(=O)OC1CC(C)(C)N([O])C(C)(C)C1)C(=O)[O-].[Li+]. The second-order valence-electron chi connectivity index (χ2n) is 9.62. The van der Waals surface area contributed by atoms with Gasteiger partial charge in [-0.1, -0.05) is 13.8 Å². The molecule has 26 heavy (non-hydrogen) atoms. The van der Waals surface area contributed by atoms with Crippen LogP contribution < -0.4 is 24.0 Å². The number of hydroxylamine groups is 2. The van der Waals surface area contributed by atoms with Crippen LogP contribution >= 0.6 is 0 Å². The fraction of sp³-hybridized carbons (Fsp3) is 0.895. The van der Waals surface area contributed by atoms with E-state index in [-0.39, 0.29) is 31.4 Å². The first-order valence-corrected chi connectivity index (χ1v) is 8.97. The molecule has 0 aromatic carbocycles. The number of carboxylic acids is 1. The summed E-state index contributed by atoms with van der Waals surface area (Å²) in [5.74, 6) is -1.58. The van der Waals surface area contributed by atoms with E-state index < -0.39 is 33.8 Å². The fourth-order valence-electron chi connectivity index (χ4n) is 3.95. The molecule has 1 unspecified atom stereocenters. The molecule has 6 nitrogen and oxygen atoms in total. The quantitative estimate of drug-likeness (QED) is 0.469. The van der Waals surface area contributed by atoms with Gasteiger partial charge in [-0.15, -0.1) is 10.3 Å². The number of carbonyl (C=O) groups is 2. The van der Waals surface area contributed by atoms with E-state index in [0.29, 0.717) is 19.3 Å². The van der Waals surface area contributed by atoms with Gasteiger partial charge in [-0.25, -0.2) is 0 Å². The third-order valence-electron chi connectivity index (χ3n) is 5.49. The molecule has 1 radical (unpaired) electrons. The van der Waals surface area contributed by atoms with Crippen molar-refractivity contribution < 1.29 is 43.5 Å². The smallest absolute Gasteiger partial charge is 0.550 e. The van der Waals surface area contributed by atoms with Crippen LogP contribution in [0.4, 0.5) is 0 Å². The summed E-state index contributed by atoms with van der Waals surface area (Å²) >= 11 is 0. The van der Waals surface area contributed by atoms with Gasteiger partial charge in [0.2, 0.25) is 0 Å². The molecule has 145 valence electrons. The van der Waals surface area contributed by atoms with Crippen LogP contribution in [0.3, 0.4) is 0 Å². The summed E-state index contributed by atoms with van der Waals surface area (Å²) in [6.07, 6.45) is 1.06. The van der Waals surface area contributed by atoms with Crippen LogP contribution in [0.25, 0.3) is 0 Å². The monoisotopic (exact) mass is 362 g/mol. The number of hydrogen-bond donors (Lipinski definition) is 0. The number of aliphatic carboxylic acids is 1. The van der Waals surface area contributed by atoms with Crippen molar-refractivity contribution in [2.45, 2.75) is 98.3 Å². The van der Waals surface area contributed by atoms with Crippen LogP contribution in [0.5, 0.6) is 0 Å². The van der Waals surface area contributed by atoms with Gasteiger partial charge >= 0.3 is 24.8 Å². The molecule has 0 amide bonds. The Kier molecular flexibility index (Phi) is 8.05. The van der Waals surface area contributed by atoms with Gasteiger partial charge in [0.25, 0.3) is 0 Å². The predicted octanol–water partition coefficient (Wildman–Crippen LogP) is -0.517. The first-order valence-electron chi connectivity index (χ1n) is 8.97. The van der Waals surface area contributed by atoms with E-state index in [1.54, 1.807) is 27.7 Å². The summed E-state index contributed by atoms with van der Waals surface area (Å²) in [4.78, 5) is 24.2. The zero-order chi connectivity index (χ0) is 19.8. The molecule has 0 N–H and O–H groups in total. The zero-order valence-electron chi connectivity index (χ0n) is 17.9. The van der Waals surface area contributed by atoms with Crippen molar-refractivity contribution in [3.05, 3.63) is 0 Å². The minimum absolute atomic E-state index is 0. The van der Waals surface area contributed by atoms with Gasteiger partial charge in [0.15, 0.2) is 0 Å². The summed E-state index contributed by atoms with van der Waals surface area (Å²) in [6.45, 7) is 14.1. The number of carbonyl (C=O) groups excluding carboxylic acids is 2. The Hall–Kier alpha value is -0.543. The summed E-state index contributed by atoms with van der Waals surface area (Å²) in [6, 6.07) is 0. The van der Waals surface area contributed by atoms with Crippen LogP contribution in [-0.2, 0) is 19.5 Å². The third-order valence-corrected chi connectivity index (χ3v) is 5.49. The molecule has 1 heterocycles. The Labute approximate surface area is 169 Å². The first kappa shape index (κ1) is 25.5. The predicted molar refractivity (Wildman–Crippen MR) is 91.6 cm³/mol. The van der Waals surface area contributed by atoms with Crippen molar-refractivity contribution in [2.24, 2.45) is 10.8 Å². The number of rotatable bonds is 6. The molecule has 0 aromatic heterocycles. The van der Waals surface area contributed by atoms with E-state index in [1.807, 2.05) is 27.7 Å². The molecule has 1 rings (SSSR count). The normalized spacial score (nSPS) is 22.8. The minimum Gasteiger partial charge on any atom is -0.550 e. The maximum Gasteiger partial charge on any atom is 1.00 e. The van der Waals surface area contributed by atoms with Crippen molar-refractivity contribution in [2.75, 3.05) is 0 Å². The van der Waals surface area contributed by atoms with Crippen LogP contribution in [0.15, 0.2) is 0 Å². The average Bonchev–Trinajstić information content (AvgIpc) is 2.43. The number of ether oxygens (including phenoxy) is 1. The molecular weight excluding hydrogens is 329 g/mol. The van der Waals surface area contributed by atoms with Gasteiger partial charge in [0.1, 0.15) is 6.10 Å². The number of nitrogens with zero attached hydrogens (tertiary/aromatic N) is 1. The molecule has 0 bridgehead atoms. The molecule has 1 aliphatic rings. The van der Waals surface area contributed by atoms with Gasteiger partial charge in [0.05, 0.1) is 5.41 Å². The van der Waals surface area contributed by atoms with Gasteiger partial charge < -0.3 is 14.6 Å². The van der Waals surface area contributed by atoms with Crippen molar-refractivity contribution in [3.8, 4) is 0 Å². The van der Waals surface area contributed by atoms with E-state index in [1.165, 1.54) is 0 Å². The summed E-state index contributed by atoms with van der Waals surface area (Å²) in [5.41, 5.74) is -3.29. The van der Waals surface area contributed by atoms with Crippen LogP contribution in [0.2, 0.25) is 0 Å². The van der Waals surface area contributed by atoms with E-state index in [9.17, 15) is 19.9 Å². The van der Waals surface area contributed by atoms with Crippen molar-refractivity contribution >= 4 is 11.9 Å². The topological polar surface area (TPSA) is 89.6 Å². The second-order valence-corrected chi connectivity index (χ2v) is 9.62. The average molecular weight is 362 g/mol. The number of piperidine rings is 1.